The van der Waals surface area contributed by atoms with E-state index in [0.717, 1.165) is 18.5 Å². The molecule has 3 heterocycles. The van der Waals surface area contributed by atoms with Gasteiger partial charge in [-0.3, -0.25) is 20.1 Å². The fourth-order valence-electron chi connectivity index (χ4n) is 4.05. The molecule has 9 nitrogen and oxygen atoms in total. The lowest BCUT2D eigenvalue weighted by Crippen LogP contribution is -2.62. The van der Waals surface area contributed by atoms with E-state index in [1.54, 1.807) is 30.6 Å². The van der Waals surface area contributed by atoms with Crippen molar-refractivity contribution in [1.82, 2.24) is 20.2 Å². The number of carbonyl (C=O) groups excluding carboxylic acids is 1. The monoisotopic (exact) mass is 410 g/mol. The molecule has 1 amide bonds. The number of hydrogen-bond donors (Lipinski definition) is 4. The molecule has 158 valence electrons. The Kier molecular flexibility index (Phi) is 5.29. The van der Waals surface area contributed by atoms with E-state index in [2.05, 4.69) is 20.6 Å². The molecule has 1 atom stereocenters. The Balaban J connectivity index is 1.58. The quantitative estimate of drug-likeness (QED) is 0.571. The fraction of sp³-hybridized carbons (Fsp3) is 0.429. The van der Waals surface area contributed by atoms with Crippen molar-refractivity contribution in [3.05, 3.63) is 41.9 Å². The van der Waals surface area contributed by atoms with Crippen LogP contribution in [-0.2, 0) is 15.1 Å². The molecule has 2 aliphatic heterocycles. The molecule has 2 aliphatic rings. The van der Waals surface area contributed by atoms with Gasteiger partial charge >= 0.3 is 0 Å². The maximum atomic E-state index is 13.0. The third-order valence-corrected chi connectivity index (χ3v) is 5.64. The van der Waals surface area contributed by atoms with Gasteiger partial charge in [0.05, 0.1) is 35.7 Å². The fourth-order valence-corrected chi connectivity index (χ4v) is 4.05. The summed E-state index contributed by atoms with van der Waals surface area (Å²) in [4.78, 5) is 23.0. The highest BCUT2D eigenvalue weighted by atomic mass is 16.5. The molecule has 4 N–H and O–H groups in total. The zero-order chi connectivity index (χ0) is 21.3. The molecule has 30 heavy (non-hydrogen) atoms. The van der Waals surface area contributed by atoms with E-state index in [1.807, 2.05) is 13.8 Å². The molecule has 0 radical (unpaired) electrons. The molecule has 0 aliphatic carbocycles. The third-order valence-electron chi connectivity index (χ3n) is 5.64. The number of phenols is 1. The van der Waals surface area contributed by atoms with Crippen LogP contribution in [0.25, 0.3) is 0 Å². The molecule has 2 fully saturated rings. The molecule has 0 spiro atoms. The molecule has 0 bridgehead atoms. The molecule has 2 aromatic rings. The first kappa shape index (κ1) is 20.1. The van der Waals surface area contributed by atoms with Crippen molar-refractivity contribution in [2.24, 2.45) is 0 Å². The Hall–Kier alpha value is -3.20. The number of amides is 1. The van der Waals surface area contributed by atoms with Gasteiger partial charge in [-0.2, -0.15) is 0 Å². The second-order valence-corrected chi connectivity index (χ2v) is 7.96. The van der Waals surface area contributed by atoms with Gasteiger partial charge in [0.1, 0.15) is 11.6 Å². The SMILES string of the molecule is Cc1cnc(Nc2cccc([C@]3(C)CC(=O)N(C4CCOCC4)C(=N)N3)c2O)cn1. The lowest BCUT2D eigenvalue weighted by Gasteiger charge is -2.44. The van der Waals surface area contributed by atoms with Crippen molar-refractivity contribution in [2.75, 3.05) is 18.5 Å². The number of guanidine groups is 1. The number of aromatic hydroxyl groups is 1. The molecule has 9 heteroatoms. The first-order valence-corrected chi connectivity index (χ1v) is 10.0. The second-order valence-electron chi connectivity index (χ2n) is 7.96. The number of carbonyl (C=O) groups is 1. The smallest absolute Gasteiger partial charge is 0.232 e. The van der Waals surface area contributed by atoms with Crippen LogP contribution in [0.2, 0.25) is 0 Å². The summed E-state index contributed by atoms with van der Waals surface area (Å²) in [6.45, 7) is 4.86. The zero-order valence-electron chi connectivity index (χ0n) is 17.1. The minimum atomic E-state index is -0.906. The summed E-state index contributed by atoms with van der Waals surface area (Å²) in [5, 5.41) is 25.6. The molecule has 0 saturated carbocycles. The Labute approximate surface area is 175 Å². The standard InChI is InChI=1S/C21H26N6O3/c1-13-11-24-17(12-23-13)25-16-5-3-4-15(19(16)29)21(2)10-18(28)27(20(22)26-21)14-6-8-30-9-7-14/h3-5,11-12,14,29H,6-10H2,1-2H3,(H2,22,26)(H,24,25)/t21-/m0/s1. The first-order chi connectivity index (χ1) is 14.4. The van der Waals surface area contributed by atoms with Crippen LogP contribution in [0.3, 0.4) is 0 Å². The highest BCUT2D eigenvalue weighted by Gasteiger charge is 2.43. The van der Waals surface area contributed by atoms with E-state index in [9.17, 15) is 9.90 Å². The third kappa shape index (κ3) is 3.80. The highest BCUT2D eigenvalue weighted by Crippen LogP contribution is 2.40. The summed E-state index contributed by atoms with van der Waals surface area (Å²) in [6, 6.07) is 5.26. The number of benzene rings is 1. The maximum absolute atomic E-state index is 13.0. The van der Waals surface area contributed by atoms with E-state index in [1.165, 1.54) is 4.90 Å². The molecule has 4 rings (SSSR count). The number of aryl methyl sites for hydroxylation is 1. The molecule has 2 saturated heterocycles. The molecule has 1 aromatic heterocycles. The number of nitrogens with zero attached hydrogens (tertiary/aromatic N) is 3. The van der Waals surface area contributed by atoms with Gasteiger partial charge in [0.2, 0.25) is 5.91 Å². The first-order valence-electron chi connectivity index (χ1n) is 10.0. The number of ether oxygens (including phenoxy) is 1. The Morgan fingerprint density at radius 3 is 2.73 bits per heavy atom. The number of phenolic OH excluding ortho intramolecular Hbond substituents is 1. The van der Waals surface area contributed by atoms with Gasteiger partial charge in [-0.05, 0) is 32.8 Å². The van der Waals surface area contributed by atoms with Gasteiger partial charge in [0.25, 0.3) is 0 Å². The van der Waals surface area contributed by atoms with E-state index in [4.69, 9.17) is 10.1 Å². The van der Waals surface area contributed by atoms with E-state index < -0.39 is 5.54 Å². The Bertz CT molecular complexity index is 938. The molecular weight excluding hydrogens is 384 g/mol. The van der Waals surface area contributed by atoms with Crippen molar-refractivity contribution >= 4 is 23.4 Å². The Morgan fingerprint density at radius 2 is 2.07 bits per heavy atom. The number of aromatic nitrogens is 2. The average Bonchev–Trinajstić information content (AvgIpc) is 2.71. The second kappa shape index (κ2) is 7.91. The van der Waals surface area contributed by atoms with Gasteiger partial charge < -0.3 is 20.5 Å². The minimum Gasteiger partial charge on any atom is -0.505 e. The van der Waals surface area contributed by atoms with Crippen molar-refractivity contribution in [3.8, 4) is 5.75 Å². The number of rotatable bonds is 4. The van der Waals surface area contributed by atoms with Gasteiger partial charge in [-0.25, -0.2) is 4.98 Å². The summed E-state index contributed by atoms with van der Waals surface area (Å²) < 4.78 is 5.38. The predicted octanol–water partition coefficient (Wildman–Crippen LogP) is 2.39. The van der Waals surface area contributed by atoms with Crippen LogP contribution in [0.1, 0.15) is 37.4 Å². The summed E-state index contributed by atoms with van der Waals surface area (Å²) in [6.07, 6.45) is 4.79. The van der Waals surface area contributed by atoms with Crippen molar-refractivity contribution in [3.63, 3.8) is 0 Å². The van der Waals surface area contributed by atoms with Gasteiger partial charge in [0, 0.05) is 24.8 Å². The van der Waals surface area contributed by atoms with Gasteiger partial charge in [-0.15, -0.1) is 0 Å². The average molecular weight is 410 g/mol. The molecular formula is C21H26N6O3. The zero-order valence-corrected chi connectivity index (χ0v) is 17.1. The van der Waals surface area contributed by atoms with Gasteiger partial charge in [0.15, 0.2) is 5.96 Å². The maximum Gasteiger partial charge on any atom is 0.232 e. The lowest BCUT2D eigenvalue weighted by atomic mass is 9.85. The van der Waals surface area contributed by atoms with Crippen LogP contribution >= 0.6 is 0 Å². The predicted molar refractivity (Wildman–Crippen MR) is 112 cm³/mol. The van der Waals surface area contributed by atoms with Crippen LogP contribution in [-0.4, -0.2) is 51.1 Å². The number of anilines is 2. The molecule has 0 unspecified atom stereocenters. The Morgan fingerprint density at radius 1 is 1.30 bits per heavy atom. The summed E-state index contributed by atoms with van der Waals surface area (Å²) in [7, 11) is 0. The highest BCUT2D eigenvalue weighted by molar-refractivity contribution is 5.99. The molecule has 1 aromatic carbocycles. The van der Waals surface area contributed by atoms with Crippen molar-refractivity contribution in [1.29, 1.82) is 5.41 Å². The van der Waals surface area contributed by atoms with Crippen LogP contribution < -0.4 is 10.6 Å². The van der Waals surface area contributed by atoms with Crippen molar-refractivity contribution in [2.45, 2.75) is 44.7 Å². The van der Waals surface area contributed by atoms with E-state index >= 15 is 0 Å². The number of nitrogens with one attached hydrogen (secondary N) is 3. The normalized spacial score (nSPS) is 22.7. The van der Waals surface area contributed by atoms with Crippen LogP contribution in [0.5, 0.6) is 5.75 Å². The van der Waals surface area contributed by atoms with Crippen LogP contribution in [0.15, 0.2) is 30.6 Å². The van der Waals surface area contributed by atoms with E-state index in [0.29, 0.717) is 30.3 Å². The number of para-hydroxylation sites is 1. The van der Waals surface area contributed by atoms with Crippen LogP contribution in [0.4, 0.5) is 11.5 Å². The summed E-state index contributed by atoms with van der Waals surface area (Å²) in [5.74, 6) is 0.442. The lowest BCUT2D eigenvalue weighted by molar-refractivity contribution is -0.133. The number of hydrogen-bond acceptors (Lipinski definition) is 7. The van der Waals surface area contributed by atoms with E-state index in [-0.39, 0.29) is 30.1 Å². The van der Waals surface area contributed by atoms with Crippen molar-refractivity contribution < 1.29 is 14.6 Å². The van der Waals surface area contributed by atoms with Crippen LogP contribution in [0, 0.1) is 12.3 Å². The topological polar surface area (TPSA) is 123 Å². The minimum absolute atomic E-state index is 0.00925. The summed E-state index contributed by atoms with van der Waals surface area (Å²) in [5.41, 5.74) is 0.886. The largest absolute Gasteiger partial charge is 0.505 e. The van der Waals surface area contributed by atoms with Gasteiger partial charge in [-0.1, -0.05) is 12.1 Å². The summed E-state index contributed by atoms with van der Waals surface area (Å²) >= 11 is 0.